The number of nitrogens with one attached hydrogen (secondary N) is 2. The molecule has 0 aliphatic rings. The normalized spacial score (nSPS) is 11.4. The maximum Gasteiger partial charge on any atom is 0.191 e. The summed E-state index contributed by atoms with van der Waals surface area (Å²) < 4.78 is 10.8. The van der Waals surface area contributed by atoms with E-state index in [0.29, 0.717) is 25.6 Å². The number of hydrogen-bond donors (Lipinski definition) is 2. The second-order valence-corrected chi connectivity index (χ2v) is 6.38. The molecule has 150 valence electrons. The third-order valence-corrected chi connectivity index (χ3v) is 3.86. The molecule has 1 aromatic carbocycles. The molecule has 0 aliphatic heterocycles. The standard InChI is InChI=1S/C20H30N4O2.HI/c1-5-21-20(23-13-18-11-19(15(3)4)24-26-18)22-12-16-7-9-17(10-8-16)14-25-6-2;/h7-11,15H,5-6,12-14H2,1-4H3,(H2,21,22,23);1H. The van der Waals surface area contributed by atoms with Crippen molar-refractivity contribution in [3.05, 3.63) is 52.9 Å². The lowest BCUT2D eigenvalue weighted by Crippen LogP contribution is -2.36. The lowest BCUT2D eigenvalue weighted by Gasteiger charge is -2.10. The van der Waals surface area contributed by atoms with Gasteiger partial charge in [0.05, 0.1) is 25.4 Å². The van der Waals surface area contributed by atoms with Crippen molar-refractivity contribution in [1.82, 2.24) is 15.8 Å². The molecule has 0 aliphatic carbocycles. The molecule has 0 saturated carbocycles. The van der Waals surface area contributed by atoms with Crippen LogP contribution in [0.1, 0.15) is 56.2 Å². The summed E-state index contributed by atoms with van der Waals surface area (Å²) in [5, 5.41) is 10.6. The van der Waals surface area contributed by atoms with Crippen molar-refractivity contribution >= 4 is 29.9 Å². The number of aliphatic imine (C=N–C) groups is 1. The zero-order chi connectivity index (χ0) is 18.8. The van der Waals surface area contributed by atoms with Crippen LogP contribution in [0.25, 0.3) is 0 Å². The number of ether oxygens (including phenoxy) is 1. The van der Waals surface area contributed by atoms with E-state index in [1.807, 2.05) is 19.9 Å². The summed E-state index contributed by atoms with van der Waals surface area (Å²) in [6.07, 6.45) is 0. The van der Waals surface area contributed by atoms with Gasteiger partial charge in [0.1, 0.15) is 0 Å². The quantitative estimate of drug-likeness (QED) is 0.316. The number of aromatic nitrogens is 1. The lowest BCUT2D eigenvalue weighted by atomic mass is 10.1. The largest absolute Gasteiger partial charge is 0.377 e. The number of guanidine groups is 1. The van der Waals surface area contributed by atoms with E-state index in [-0.39, 0.29) is 24.0 Å². The first kappa shape index (κ1) is 23.4. The molecule has 2 N–H and O–H groups in total. The van der Waals surface area contributed by atoms with E-state index < -0.39 is 0 Å². The molecule has 0 radical (unpaired) electrons. The minimum atomic E-state index is 0. The maximum atomic E-state index is 5.42. The Morgan fingerprint density at radius 1 is 1.15 bits per heavy atom. The number of hydrogen-bond acceptors (Lipinski definition) is 4. The smallest absolute Gasteiger partial charge is 0.191 e. The Morgan fingerprint density at radius 2 is 1.85 bits per heavy atom. The van der Waals surface area contributed by atoms with Crippen LogP contribution in [0.3, 0.4) is 0 Å². The number of nitrogens with zero attached hydrogens (tertiary/aromatic N) is 2. The highest BCUT2D eigenvalue weighted by molar-refractivity contribution is 14.0. The van der Waals surface area contributed by atoms with Crippen molar-refractivity contribution in [3.8, 4) is 0 Å². The van der Waals surface area contributed by atoms with Crippen molar-refractivity contribution in [2.75, 3.05) is 13.2 Å². The molecule has 7 heteroatoms. The summed E-state index contributed by atoms with van der Waals surface area (Å²) in [5.74, 6) is 1.92. The summed E-state index contributed by atoms with van der Waals surface area (Å²) in [6.45, 7) is 11.6. The van der Waals surface area contributed by atoms with E-state index in [0.717, 1.165) is 36.1 Å². The van der Waals surface area contributed by atoms with Crippen LogP contribution in [0.5, 0.6) is 0 Å². The molecular weight excluding hydrogens is 455 g/mol. The van der Waals surface area contributed by atoms with Gasteiger partial charge in [-0.25, -0.2) is 4.99 Å². The average Bonchev–Trinajstić information content (AvgIpc) is 3.12. The molecule has 0 atom stereocenters. The molecule has 1 heterocycles. The summed E-state index contributed by atoms with van der Waals surface area (Å²) in [4.78, 5) is 4.63. The van der Waals surface area contributed by atoms with E-state index in [1.165, 1.54) is 5.56 Å². The summed E-state index contributed by atoms with van der Waals surface area (Å²) in [7, 11) is 0. The van der Waals surface area contributed by atoms with Gasteiger partial charge in [0.25, 0.3) is 0 Å². The molecule has 27 heavy (non-hydrogen) atoms. The molecule has 0 bridgehead atoms. The first-order chi connectivity index (χ1) is 12.6. The highest BCUT2D eigenvalue weighted by Gasteiger charge is 2.08. The van der Waals surface area contributed by atoms with Crippen molar-refractivity contribution in [2.24, 2.45) is 4.99 Å². The second kappa shape index (κ2) is 12.7. The first-order valence-electron chi connectivity index (χ1n) is 9.25. The van der Waals surface area contributed by atoms with Crippen LogP contribution in [0.4, 0.5) is 0 Å². The van der Waals surface area contributed by atoms with Crippen LogP contribution in [0.2, 0.25) is 0 Å². The molecule has 2 rings (SSSR count). The molecule has 1 aromatic heterocycles. The molecule has 0 saturated heterocycles. The van der Waals surface area contributed by atoms with Gasteiger partial charge in [0, 0.05) is 19.2 Å². The van der Waals surface area contributed by atoms with Crippen molar-refractivity contribution in [2.45, 2.75) is 53.3 Å². The van der Waals surface area contributed by atoms with E-state index in [1.54, 1.807) is 0 Å². The third kappa shape index (κ3) is 8.30. The van der Waals surface area contributed by atoms with Crippen molar-refractivity contribution in [3.63, 3.8) is 0 Å². The van der Waals surface area contributed by atoms with Crippen molar-refractivity contribution in [1.29, 1.82) is 0 Å². The Kier molecular flexibility index (Phi) is 11.0. The minimum absolute atomic E-state index is 0. The summed E-state index contributed by atoms with van der Waals surface area (Å²) in [6, 6.07) is 10.3. The monoisotopic (exact) mass is 486 g/mol. The van der Waals surface area contributed by atoms with Gasteiger partial charge in [-0.15, -0.1) is 24.0 Å². The van der Waals surface area contributed by atoms with E-state index in [4.69, 9.17) is 9.26 Å². The van der Waals surface area contributed by atoms with Crippen LogP contribution >= 0.6 is 24.0 Å². The Morgan fingerprint density at radius 3 is 2.44 bits per heavy atom. The summed E-state index contributed by atoms with van der Waals surface area (Å²) in [5.41, 5.74) is 3.30. The number of halogens is 1. The highest BCUT2D eigenvalue weighted by Crippen LogP contribution is 2.13. The first-order valence-corrected chi connectivity index (χ1v) is 9.25. The van der Waals surface area contributed by atoms with Gasteiger partial charge in [-0.1, -0.05) is 43.3 Å². The maximum absolute atomic E-state index is 5.42. The van der Waals surface area contributed by atoms with Crippen LogP contribution in [0.15, 0.2) is 39.8 Å². The van der Waals surface area contributed by atoms with E-state index >= 15 is 0 Å². The second-order valence-electron chi connectivity index (χ2n) is 6.38. The molecule has 0 unspecified atom stereocenters. The van der Waals surface area contributed by atoms with E-state index in [2.05, 4.69) is 58.9 Å². The Balaban J connectivity index is 0.00000364. The van der Waals surface area contributed by atoms with Gasteiger partial charge in [-0.2, -0.15) is 0 Å². The Bertz CT molecular complexity index is 684. The highest BCUT2D eigenvalue weighted by atomic mass is 127. The lowest BCUT2D eigenvalue weighted by molar-refractivity contribution is 0.134. The fraction of sp³-hybridized carbons (Fsp3) is 0.500. The Labute approximate surface area is 179 Å². The number of benzene rings is 1. The van der Waals surface area contributed by atoms with Gasteiger partial charge < -0.3 is 19.9 Å². The van der Waals surface area contributed by atoms with Gasteiger partial charge in [0.2, 0.25) is 0 Å². The zero-order valence-corrected chi connectivity index (χ0v) is 18.9. The Hall–Kier alpha value is -1.61. The molecule has 2 aromatic rings. The van der Waals surface area contributed by atoms with Crippen LogP contribution in [0, 0.1) is 0 Å². The molecule has 6 nitrogen and oxygen atoms in total. The molecular formula is C20H31IN4O2. The zero-order valence-electron chi connectivity index (χ0n) is 16.6. The SMILES string of the molecule is CCNC(=NCc1ccc(COCC)cc1)NCc1cc(C(C)C)no1.I. The van der Waals surface area contributed by atoms with Gasteiger partial charge >= 0.3 is 0 Å². The minimum Gasteiger partial charge on any atom is -0.377 e. The third-order valence-electron chi connectivity index (χ3n) is 3.86. The van der Waals surface area contributed by atoms with Crippen LogP contribution in [-0.2, 0) is 24.4 Å². The molecule has 0 amide bonds. The van der Waals surface area contributed by atoms with Crippen LogP contribution < -0.4 is 10.6 Å². The summed E-state index contributed by atoms with van der Waals surface area (Å²) >= 11 is 0. The topological polar surface area (TPSA) is 71.7 Å². The predicted molar refractivity (Wildman–Crippen MR) is 119 cm³/mol. The molecule has 0 fully saturated rings. The average molecular weight is 486 g/mol. The molecule has 0 spiro atoms. The van der Waals surface area contributed by atoms with Crippen LogP contribution in [-0.4, -0.2) is 24.3 Å². The van der Waals surface area contributed by atoms with Crippen molar-refractivity contribution < 1.29 is 9.26 Å². The van der Waals surface area contributed by atoms with Gasteiger partial charge in [-0.05, 0) is 30.9 Å². The fourth-order valence-corrected chi connectivity index (χ4v) is 2.33. The van der Waals surface area contributed by atoms with E-state index in [9.17, 15) is 0 Å². The van der Waals surface area contributed by atoms with Gasteiger partial charge in [0.15, 0.2) is 11.7 Å². The predicted octanol–water partition coefficient (Wildman–Crippen LogP) is 4.21. The van der Waals surface area contributed by atoms with Gasteiger partial charge in [-0.3, -0.25) is 0 Å². The fourth-order valence-electron chi connectivity index (χ4n) is 2.33. The number of rotatable bonds is 9.